The van der Waals surface area contributed by atoms with Gasteiger partial charge in [-0.3, -0.25) is 4.79 Å². The Balaban J connectivity index is 2.80. The van der Waals surface area contributed by atoms with Crippen molar-refractivity contribution >= 4 is 5.97 Å². The van der Waals surface area contributed by atoms with Gasteiger partial charge in [-0.1, -0.05) is 0 Å². The van der Waals surface area contributed by atoms with Crippen LogP contribution in [0.25, 0.3) is 0 Å². The van der Waals surface area contributed by atoms with E-state index in [-0.39, 0.29) is 6.42 Å². The molecular formula is C14H21NO4. The zero-order valence-corrected chi connectivity index (χ0v) is 11.9. The molecular weight excluding hydrogens is 246 g/mol. The summed E-state index contributed by atoms with van der Waals surface area (Å²) in [4.78, 5) is 12.5. The Labute approximate surface area is 113 Å². The lowest BCUT2D eigenvalue weighted by Gasteiger charge is -2.18. The number of hydrogen-bond acceptors (Lipinski definition) is 4. The molecule has 0 aliphatic rings. The van der Waals surface area contributed by atoms with Gasteiger partial charge in [0.2, 0.25) is 0 Å². The molecule has 0 saturated heterocycles. The molecule has 0 bridgehead atoms. The van der Waals surface area contributed by atoms with Crippen LogP contribution in [-0.4, -0.2) is 43.8 Å². The average molecular weight is 267 g/mol. The van der Waals surface area contributed by atoms with E-state index in [1.807, 2.05) is 31.0 Å². The maximum Gasteiger partial charge on any atom is 0.304 e. The molecule has 0 fully saturated rings. The number of aryl methyl sites for hydroxylation is 1. The van der Waals surface area contributed by atoms with Crippen molar-refractivity contribution in [2.45, 2.75) is 19.9 Å². The molecule has 0 atom stereocenters. The highest BCUT2D eigenvalue weighted by molar-refractivity contribution is 5.66. The van der Waals surface area contributed by atoms with E-state index in [0.717, 1.165) is 11.1 Å². The molecule has 5 heteroatoms. The van der Waals surface area contributed by atoms with Crippen LogP contribution in [0.4, 0.5) is 0 Å². The van der Waals surface area contributed by atoms with Gasteiger partial charge < -0.3 is 19.5 Å². The maximum atomic E-state index is 10.5. The first-order chi connectivity index (χ1) is 8.97. The fraction of sp³-hybridized carbons (Fsp3) is 0.500. The summed E-state index contributed by atoms with van der Waals surface area (Å²) in [6.45, 7) is 3.20. The summed E-state index contributed by atoms with van der Waals surface area (Å²) in [5, 5.41) is 8.67. The van der Waals surface area contributed by atoms with Crippen molar-refractivity contribution in [1.82, 2.24) is 4.90 Å². The molecule has 0 unspecified atom stereocenters. The lowest BCUT2D eigenvalue weighted by atomic mass is 10.1. The van der Waals surface area contributed by atoms with E-state index in [1.54, 1.807) is 14.2 Å². The van der Waals surface area contributed by atoms with Crippen molar-refractivity contribution in [3.05, 3.63) is 23.3 Å². The van der Waals surface area contributed by atoms with E-state index in [9.17, 15) is 4.79 Å². The molecule has 1 N–H and O–H groups in total. The summed E-state index contributed by atoms with van der Waals surface area (Å²) < 4.78 is 10.5. The van der Waals surface area contributed by atoms with Gasteiger partial charge in [0.25, 0.3) is 0 Å². The number of aliphatic carboxylic acids is 1. The second-order valence-electron chi connectivity index (χ2n) is 4.52. The highest BCUT2D eigenvalue weighted by Crippen LogP contribution is 2.30. The zero-order chi connectivity index (χ0) is 14.4. The molecule has 1 rings (SSSR count). The normalized spacial score (nSPS) is 10.6. The fourth-order valence-corrected chi connectivity index (χ4v) is 1.85. The van der Waals surface area contributed by atoms with Crippen LogP contribution in [0.3, 0.4) is 0 Å². The zero-order valence-electron chi connectivity index (χ0n) is 11.9. The standard InChI is InChI=1S/C14H21NO4/c1-10-7-12(18-3)13(19-4)8-11(10)9-15(2)6-5-14(16)17/h7-8H,5-6,9H2,1-4H3,(H,16,17). The predicted octanol–water partition coefficient (Wildman–Crippen LogP) is 1.92. The molecule has 0 aliphatic heterocycles. The third-order valence-electron chi connectivity index (χ3n) is 2.99. The first-order valence-electron chi connectivity index (χ1n) is 6.09. The molecule has 1 aromatic rings. The molecule has 1 aromatic carbocycles. The Morgan fingerprint density at radius 3 is 2.37 bits per heavy atom. The van der Waals surface area contributed by atoms with E-state index in [4.69, 9.17) is 14.6 Å². The number of carboxylic acid groups (broad SMARTS) is 1. The Bertz CT molecular complexity index is 445. The lowest BCUT2D eigenvalue weighted by Crippen LogP contribution is -2.21. The third-order valence-corrected chi connectivity index (χ3v) is 2.99. The van der Waals surface area contributed by atoms with Gasteiger partial charge in [0.1, 0.15) is 0 Å². The van der Waals surface area contributed by atoms with Gasteiger partial charge in [0, 0.05) is 13.1 Å². The van der Waals surface area contributed by atoms with E-state index in [0.29, 0.717) is 24.6 Å². The quantitative estimate of drug-likeness (QED) is 0.818. The van der Waals surface area contributed by atoms with Crippen LogP contribution in [0.5, 0.6) is 11.5 Å². The molecule has 0 aliphatic carbocycles. The van der Waals surface area contributed by atoms with Crippen LogP contribution in [0.2, 0.25) is 0 Å². The molecule has 0 amide bonds. The number of rotatable bonds is 7. The molecule has 0 radical (unpaired) electrons. The summed E-state index contributed by atoms with van der Waals surface area (Å²) in [5.74, 6) is 0.613. The summed E-state index contributed by atoms with van der Waals surface area (Å²) >= 11 is 0. The van der Waals surface area contributed by atoms with Gasteiger partial charge in [0.05, 0.1) is 20.6 Å². The Morgan fingerprint density at radius 2 is 1.84 bits per heavy atom. The van der Waals surface area contributed by atoms with Crippen LogP contribution in [0.15, 0.2) is 12.1 Å². The van der Waals surface area contributed by atoms with E-state index in [2.05, 4.69) is 0 Å². The Kier molecular flexibility index (Phi) is 5.63. The molecule has 106 valence electrons. The van der Waals surface area contributed by atoms with Crippen molar-refractivity contribution < 1.29 is 19.4 Å². The first-order valence-corrected chi connectivity index (χ1v) is 6.09. The SMILES string of the molecule is COc1cc(C)c(CN(C)CCC(=O)O)cc1OC. The molecule has 0 aromatic heterocycles. The topological polar surface area (TPSA) is 59.0 Å². The maximum absolute atomic E-state index is 10.5. The Hall–Kier alpha value is -1.75. The minimum Gasteiger partial charge on any atom is -0.493 e. The monoisotopic (exact) mass is 267 g/mol. The van der Waals surface area contributed by atoms with Crippen molar-refractivity contribution in [2.75, 3.05) is 27.8 Å². The van der Waals surface area contributed by atoms with Crippen LogP contribution in [-0.2, 0) is 11.3 Å². The van der Waals surface area contributed by atoms with E-state index in [1.165, 1.54) is 0 Å². The van der Waals surface area contributed by atoms with Crippen molar-refractivity contribution in [3.63, 3.8) is 0 Å². The average Bonchev–Trinajstić information content (AvgIpc) is 2.38. The van der Waals surface area contributed by atoms with Crippen LogP contribution in [0, 0.1) is 6.92 Å². The number of nitrogens with zero attached hydrogens (tertiary/aromatic N) is 1. The highest BCUT2D eigenvalue weighted by Gasteiger charge is 2.10. The van der Waals surface area contributed by atoms with Crippen molar-refractivity contribution in [2.24, 2.45) is 0 Å². The summed E-state index contributed by atoms with van der Waals surface area (Å²) in [6.07, 6.45) is 0.142. The minimum absolute atomic E-state index is 0.142. The highest BCUT2D eigenvalue weighted by atomic mass is 16.5. The van der Waals surface area contributed by atoms with E-state index >= 15 is 0 Å². The van der Waals surface area contributed by atoms with Gasteiger partial charge in [-0.15, -0.1) is 0 Å². The first kappa shape index (κ1) is 15.3. The molecule has 0 heterocycles. The molecule has 5 nitrogen and oxygen atoms in total. The van der Waals surface area contributed by atoms with Gasteiger partial charge in [-0.05, 0) is 37.2 Å². The van der Waals surface area contributed by atoms with Gasteiger partial charge in [-0.2, -0.15) is 0 Å². The predicted molar refractivity (Wildman–Crippen MR) is 72.9 cm³/mol. The summed E-state index contributed by atoms with van der Waals surface area (Å²) in [7, 11) is 5.11. The van der Waals surface area contributed by atoms with Gasteiger partial charge >= 0.3 is 5.97 Å². The van der Waals surface area contributed by atoms with Crippen LogP contribution >= 0.6 is 0 Å². The second kappa shape index (κ2) is 6.99. The van der Waals surface area contributed by atoms with Gasteiger partial charge in [0.15, 0.2) is 11.5 Å². The molecule has 0 saturated carbocycles. The number of ether oxygens (including phenoxy) is 2. The molecule has 19 heavy (non-hydrogen) atoms. The fourth-order valence-electron chi connectivity index (χ4n) is 1.85. The lowest BCUT2D eigenvalue weighted by molar-refractivity contribution is -0.137. The number of carbonyl (C=O) groups is 1. The smallest absolute Gasteiger partial charge is 0.304 e. The number of methoxy groups -OCH3 is 2. The number of hydrogen-bond donors (Lipinski definition) is 1. The third kappa shape index (κ3) is 4.44. The van der Waals surface area contributed by atoms with Crippen LogP contribution < -0.4 is 9.47 Å². The summed E-state index contributed by atoms with van der Waals surface area (Å²) in [6, 6.07) is 3.87. The minimum atomic E-state index is -0.782. The van der Waals surface area contributed by atoms with E-state index < -0.39 is 5.97 Å². The van der Waals surface area contributed by atoms with Gasteiger partial charge in [-0.25, -0.2) is 0 Å². The number of carboxylic acids is 1. The Morgan fingerprint density at radius 1 is 1.26 bits per heavy atom. The molecule has 0 spiro atoms. The van der Waals surface area contributed by atoms with Crippen LogP contribution in [0.1, 0.15) is 17.5 Å². The largest absolute Gasteiger partial charge is 0.493 e. The summed E-state index contributed by atoms with van der Waals surface area (Å²) in [5.41, 5.74) is 2.20. The second-order valence-corrected chi connectivity index (χ2v) is 4.52. The number of benzene rings is 1. The van der Waals surface area contributed by atoms with Crippen molar-refractivity contribution in [1.29, 1.82) is 0 Å². The van der Waals surface area contributed by atoms with Crippen molar-refractivity contribution in [3.8, 4) is 11.5 Å².